The Morgan fingerprint density at radius 1 is 1.06 bits per heavy atom. The number of allylic oxidation sites excluding steroid dienone is 4. The van der Waals surface area contributed by atoms with Crippen LogP contribution in [-0.2, 0) is 17.9 Å². The zero-order chi connectivity index (χ0) is 25.1. The number of rotatable bonds is 8. The normalized spacial score (nSPS) is 11.0. The first-order chi connectivity index (χ1) is 16.3. The van der Waals surface area contributed by atoms with Crippen LogP contribution in [0.25, 0.3) is 10.9 Å². The van der Waals surface area contributed by atoms with Gasteiger partial charge in [0.05, 0.1) is 16.6 Å². The van der Waals surface area contributed by atoms with Crippen molar-refractivity contribution in [3.63, 3.8) is 0 Å². The number of benzene rings is 2. The highest BCUT2D eigenvalue weighted by atomic mass is 79.9. The Morgan fingerprint density at radius 3 is 2.35 bits per heavy atom. The van der Waals surface area contributed by atoms with Crippen LogP contribution < -0.4 is 4.74 Å². The summed E-state index contributed by atoms with van der Waals surface area (Å²) in [5.41, 5.74) is 4.02. The zero-order valence-electron chi connectivity index (χ0n) is 20.7. The Labute approximate surface area is 214 Å². The molecule has 0 spiro atoms. The number of aromatic nitrogens is 1. The van der Waals surface area contributed by atoms with Crippen molar-refractivity contribution in [1.82, 2.24) is 4.57 Å². The fraction of sp³-hybridized carbons (Fsp3) is 0.321. The maximum Gasteiger partial charge on any atom is 0.356 e. The number of aryl methyl sites for hydroxylation is 1. The smallest absolute Gasteiger partial charge is 0.356 e. The number of carbonyl (C=O) groups excluding carboxylic acids is 1. The fourth-order valence-electron chi connectivity index (χ4n) is 3.33. The summed E-state index contributed by atoms with van der Waals surface area (Å²) in [6.45, 7) is 11.7. The molecule has 1 atom stereocenters. The molecule has 0 saturated heterocycles. The van der Waals surface area contributed by atoms with Crippen LogP contribution in [0.1, 0.15) is 57.1 Å². The molecule has 0 aliphatic rings. The molecule has 0 amide bonds. The number of hydrogen-bond acceptors (Lipinski definition) is 3. The SMILES string of the molecule is CC(C)=CC/C=C(\C)P.CCOC(=O)c1c(Br)c2cc(OCc3ccccc3)ccc2n1CC. The highest BCUT2D eigenvalue weighted by molar-refractivity contribution is 9.10. The third kappa shape index (κ3) is 8.14. The molecule has 6 heteroatoms. The molecule has 182 valence electrons. The average molecular weight is 544 g/mol. The van der Waals surface area contributed by atoms with Crippen molar-refractivity contribution < 1.29 is 14.3 Å². The van der Waals surface area contributed by atoms with Crippen LogP contribution in [0.5, 0.6) is 5.75 Å². The van der Waals surface area contributed by atoms with Crippen LogP contribution in [0, 0.1) is 0 Å². The molecule has 1 aromatic heterocycles. The first-order valence-electron chi connectivity index (χ1n) is 11.5. The third-order valence-electron chi connectivity index (χ3n) is 4.97. The van der Waals surface area contributed by atoms with Crippen LogP contribution in [-0.4, -0.2) is 17.1 Å². The molecule has 1 heterocycles. The fourth-order valence-corrected chi connectivity index (χ4v) is 4.16. The zero-order valence-corrected chi connectivity index (χ0v) is 23.5. The van der Waals surface area contributed by atoms with Gasteiger partial charge in [-0.25, -0.2) is 4.79 Å². The minimum absolute atomic E-state index is 0.320. The van der Waals surface area contributed by atoms with Crippen molar-refractivity contribution >= 4 is 42.0 Å². The largest absolute Gasteiger partial charge is 0.489 e. The van der Waals surface area contributed by atoms with Gasteiger partial charge in [0, 0.05) is 11.9 Å². The molecule has 3 rings (SSSR count). The Morgan fingerprint density at radius 2 is 1.76 bits per heavy atom. The van der Waals surface area contributed by atoms with E-state index >= 15 is 0 Å². The number of esters is 1. The number of fused-ring (bicyclic) bond motifs is 1. The van der Waals surface area contributed by atoms with E-state index in [-0.39, 0.29) is 5.97 Å². The Bertz CT molecular complexity index is 1130. The maximum atomic E-state index is 12.3. The summed E-state index contributed by atoms with van der Waals surface area (Å²) in [6, 6.07) is 15.9. The third-order valence-corrected chi connectivity index (χ3v) is 6.01. The molecule has 0 aliphatic carbocycles. The van der Waals surface area contributed by atoms with Crippen molar-refractivity contribution in [2.24, 2.45) is 0 Å². The summed E-state index contributed by atoms with van der Waals surface area (Å²) in [4.78, 5) is 12.3. The van der Waals surface area contributed by atoms with E-state index in [4.69, 9.17) is 9.47 Å². The summed E-state index contributed by atoms with van der Waals surface area (Å²) in [7, 11) is 2.67. The molecule has 0 fully saturated rings. The van der Waals surface area contributed by atoms with E-state index in [2.05, 4.69) is 58.1 Å². The van der Waals surface area contributed by atoms with Crippen LogP contribution in [0.4, 0.5) is 0 Å². The van der Waals surface area contributed by atoms with Gasteiger partial charge in [0.15, 0.2) is 0 Å². The Kier molecular flexibility index (Phi) is 11.6. The van der Waals surface area contributed by atoms with Gasteiger partial charge in [-0.1, -0.05) is 53.4 Å². The first-order valence-corrected chi connectivity index (χ1v) is 12.9. The average Bonchev–Trinajstić information content (AvgIpc) is 3.09. The highest BCUT2D eigenvalue weighted by Crippen LogP contribution is 2.34. The summed E-state index contributed by atoms with van der Waals surface area (Å²) >= 11 is 3.57. The monoisotopic (exact) mass is 543 g/mol. The molecular formula is C28H35BrNO3P. The number of ether oxygens (including phenoxy) is 2. The van der Waals surface area contributed by atoms with E-state index in [9.17, 15) is 4.79 Å². The van der Waals surface area contributed by atoms with Gasteiger partial charge in [-0.3, -0.25) is 0 Å². The Hall–Kier alpha value is -2.36. The number of halogens is 1. The van der Waals surface area contributed by atoms with Crippen LogP contribution in [0.15, 0.2) is 76.0 Å². The van der Waals surface area contributed by atoms with Gasteiger partial charge in [-0.05, 0) is 80.7 Å². The minimum Gasteiger partial charge on any atom is -0.489 e. The highest BCUT2D eigenvalue weighted by Gasteiger charge is 2.22. The summed E-state index contributed by atoms with van der Waals surface area (Å²) in [5.74, 6) is 0.444. The second-order valence-corrected chi connectivity index (χ2v) is 9.75. The molecule has 3 aromatic rings. The van der Waals surface area contributed by atoms with Gasteiger partial charge in [-0.2, -0.15) is 0 Å². The molecule has 34 heavy (non-hydrogen) atoms. The van der Waals surface area contributed by atoms with Crippen molar-refractivity contribution in [1.29, 1.82) is 0 Å². The van der Waals surface area contributed by atoms with Crippen molar-refractivity contribution in [3.05, 3.63) is 87.3 Å². The van der Waals surface area contributed by atoms with Crippen LogP contribution in [0.3, 0.4) is 0 Å². The summed E-state index contributed by atoms with van der Waals surface area (Å²) in [6.07, 6.45) is 5.48. The van der Waals surface area contributed by atoms with Crippen molar-refractivity contribution in [2.75, 3.05) is 6.61 Å². The van der Waals surface area contributed by atoms with Gasteiger partial charge in [0.1, 0.15) is 18.1 Å². The van der Waals surface area contributed by atoms with Gasteiger partial charge in [-0.15, -0.1) is 9.24 Å². The van der Waals surface area contributed by atoms with Gasteiger partial charge < -0.3 is 14.0 Å². The minimum atomic E-state index is -0.320. The van der Waals surface area contributed by atoms with Crippen molar-refractivity contribution in [3.8, 4) is 5.75 Å². The Balaban J connectivity index is 0.000000387. The lowest BCUT2D eigenvalue weighted by molar-refractivity contribution is 0.0513. The van der Waals surface area contributed by atoms with E-state index in [1.165, 1.54) is 10.9 Å². The van der Waals surface area contributed by atoms with E-state index in [1.54, 1.807) is 6.92 Å². The number of carbonyl (C=O) groups is 1. The predicted octanol–water partition coefficient (Wildman–Crippen LogP) is 8.30. The van der Waals surface area contributed by atoms with Crippen LogP contribution >= 0.6 is 25.2 Å². The van der Waals surface area contributed by atoms with E-state index in [0.717, 1.165) is 33.1 Å². The lowest BCUT2D eigenvalue weighted by Crippen LogP contribution is -2.12. The van der Waals surface area contributed by atoms with Gasteiger partial charge in [0.2, 0.25) is 0 Å². The molecular weight excluding hydrogens is 509 g/mol. The van der Waals surface area contributed by atoms with E-state index < -0.39 is 0 Å². The molecule has 0 bridgehead atoms. The van der Waals surface area contributed by atoms with Gasteiger partial charge in [0.25, 0.3) is 0 Å². The van der Waals surface area contributed by atoms with E-state index in [1.807, 2.05) is 60.0 Å². The summed E-state index contributed by atoms with van der Waals surface area (Å²) in [5, 5.41) is 2.25. The molecule has 4 nitrogen and oxygen atoms in total. The topological polar surface area (TPSA) is 40.5 Å². The predicted molar refractivity (Wildman–Crippen MR) is 150 cm³/mol. The van der Waals surface area contributed by atoms with Gasteiger partial charge >= 0.3 is 5.97 Å². The van der Waals surface area contributed by atoms with Crippen LogP contribution in [0.2, 0.25) is 0 Å². The quantitative estimate of drug-likeness (QED) is 0.163. The maximum absolute atomic E-state index is 12.3. The molecule has 2 aromatic carbocycles. The van der Waals surface area contributed by atoms with Crippen molar-refractivity contribution in [2.45, 2.75) is 54.2 Å². The molecule has 0 N–H and O–H groups in total. The number of nitrogens with zero attached hydrogens (tertiary/aromatic N) is 1. The molecule has 0 saturated carbocycles. The lowest BCUT2D eigenvalue weighted by atomic mass is 10.2. The molecule has 1 unspecified atom stereocenters. The second kappa shape index (κ2) is 14.1. The second-order valence-electron chi connectivity index (χ2n) is 8.05. The standard InChI is InChI=1S/C20H20BrNO3.C8H15P/c1-3-22-17-11-10-15(25-13-14-8-6-5-7-9-14)12-16(17)18(21)19(22)20(23)24-4-2;1-7(2)5-4-6-8(3)9/h5-12H,3-4,13H2,1-2H3;5-6H,4,9H2,1-3H3/b;8-6+. The van der Waals surface area contributed by atoms with E-state index in [0.29, 0.717) is 25.5 Å². The molecule has 0 aliphatic heterocycles. The number of hydrogen-bond donors (Lipinski definition) is 0. The summed E-state index contributed by atoms with van der Waals surface area (Å²) < 4.78 is 13.8. The first kappa shape index (κ1) is 27.9. The molecule has 0 radical (unpaired) electrons. The lowest BCUT2D eigenvalue weighted by Gasteiger charge is -2.08.